The topological polar surface area (TPSA) is 143 Å². The van der Waals surface area contributed by atoms with Crippen molar-refractivity contribution in [3.05, 3.63) is 62.9 Å². The highest BCUT2D eigenvalue weighted by atomic mass is 16.8. The molecule has 0 fully saturated rings. The zero-order valence-electron chi connectivity index (χ0n) is 15.2. The molecule has 2 rings (SSSR count). The summed E-state index contributed by atoms with van der Waals surface area (Å²) in [5.41, 5.74) is 1.28. The Kier molecular flexibility index (Phi) is 7.05. The van der Waals surface area contributed by atoms with Gasteiger partial charge >= 0.3 is 5.97 Å². The molecule has 0 saturated carbocycles. The molecule has 0 radical (unpaired) electrons. The molecule has 3 atom stereocenters. The van der Waals surface area contributed by atoms with E-state index in [2.05, 4.69) is 5.32 Å². The molecule has 27 heavy (non-hydrogen) atoms. The molecule has 10 heteroatoms. The van der Waals surface area contributed by atoms with E-state index in [9.17, 15) is 25.6 Å². The van der Waals surface area contributed by atoms with Gasteiger partial charge in [-0.2, -0.15) is 10.5 Å². The van der Waals surface area contributed by atoms with Crippen molar-refractivity contribution in [1.82, 2.24) is 5.32 Å². The second-order valence-electron chi connectivity index (χ2n) is 6.00. The number of nitrogens with one attached hydrogen (secondary N) is 3. The minimum atomic E-state index is -1.21. The fourth-order valence-corrected chi connectivity index (χ4v) is 3.03. The van der Waals surface area contributed by atoms with Crippen LogP contribution in [0.5, 0.6) is 0 Å². The van der Waals surface area contributed by atoms with Crippen molar-refractivity contribution >= 4 is 11.7 Å². The van der Waals surface area contributed by atoms with Crippen molar-refractivity contribution < 1.29 is 35.1 Å². The number of allylic oxidation sites excluding steroid dienone is 3. The van der Waals surface area contributed by atoms with Crippen LogP contribution in [0.3, 0.4) is 0 Å². The van der Waals surface area contributed by atoms with Crippen LogP contribution in [0.4, 0.5) is 5.69 Å². The van der Waals surface area contributed by atoms with Crippen molar-refractivity contribution in [3.63, 3.8) is 0 Å². The Morgan fingerprint density at radius 3 is 2.48 bits per heavy atom. The first-order chi connectivity index (χ1) is 12.8. The second kappa shape index (κ2) is 9.06. The number of methoxy groups -OCH3 is 1. The molecular formula is C17H23N3O7. The van der Waals surface area contributed by atoms with Gasteiger partial charge in [-0.15, -0.1) is 0 Å². The largest absolute Gasteiger partial charge is 0.595 e. The number of carbonyl (C=O) groups excluding carboxylic acids is 1. The number of quaternary nitrogens is 2. The summed E-state index contributed by atoms with van der Waals surface area (Å²) in [5.74, 6) is -1.65. The predicted molar refractivity (Wildman–Crippen MR) is 92.4 cm³/mol. The summed E-state index contributed by atoms with van der Waals surface area (Å²) in [6.07, 6.45) is 0. The lowest BCUT2D eigenvalue weighted by molar-refractivity contribution is -1.02. The normalized spacial score (nSPS) is 19.6. The molecule has 1 aliphatic heterocycles. The minimum absolute atomic E-state index is 0.00169. The smallest absolute Gasteiger partial charge is 0.337 e. The first kappa shape index (κ1) is 21.0. The highest BCUT2D eigenvalue weighted by molar-refractivity contribution is 5.92. The van der Waals surface area contributed by atoms with E-state index in [4.69, 9.17) is 9.47 Å². The lowest BCUT2D eigenvalue weighted by Crippen LogP contribution is -3.03. The molecule has 1 aromatic rings. The van der Waals surface area contributed by atoms with E-state index >= 15 is 0 Å². The number of carbonyl (C=O) groups is 1. The zero-order valence-corrected chi connectivity index (χ0v) is 15.2. The number of hydrogen-bond acceptors (Lipinski definition) is 8. The molecular weight excluding hydrogens is 358 g/mol. The summed E-state index contributed by atoms with van der Waals surface area (Å²) in [6.45, 7) is 3.45. The monoisotopic (exact) mass is 381 g/mol. The van der Waals surface area contributed by atoms with Crippen LogP contribution < -0.4 is 15.8 Å². The van der Waals surface area contributed by atoms with Gasteiger partial charge in [0, 0.05) is 24.9 Å². The van der Waals surface area contributed by atoms with Gasteiger partial charge in [0.15, 0.2) is 11.4 Å². The van der Waals surface area contributed by atoms with Crippen LogP contribution >= 0.6 is 0 Å². The predicted octanol–water partition coefficient (Wildman–Crippen LogP) is -0.756. The van der Waals surface area contributed by atoms with E-state index in [-0.39, 0.29) is 30.2 Å². The van der Waals surface area contributed by atoms with E-state index in [0.717, 1.165) is 0 Å². The fraction of sp³-hybridized carbons (Fsp3) is 0.353. The van der Waals surface area contributed by atoms with Crippen LogP contribution in [-0.4, -0.2) is 36.7 Å². The Hall–Kier alpha value is -2.31. The highest BCUT2D eigenvalue weighted by Crippen LogP contribution is 2.36. The average molecular weight is 381 g/mol. The molecule has 0 bridgehead atoms. The number of benzene rings is 1. The Bertz CT molecular complexity index is 759. The summed E-state index contributed by atoms with van der Waals surface area (Å²) in [5, 5.41) is 42.7. The van der Waals surface area contributed by atoms with Gasteiger partial charge in [0.25, 0.3) is 0 Å². The molecule has 0 aromatic heterocycles. The van der Waals surface area contributed by atoms with Crippen molar-refractivity contribution in [3.8, 4) is 0 Å². The quantitative estimate of drug-likeness (QED) is 0.236. The molecule has 2 unspecified atom stereocenters. The molecule has 148 valence electrons. The van der Waals surface area contributed by atoms with Crippen LogP contribution in [0.15, 0.2) is 46.9 Å². The van der Waals surface area contributed by atoms with Crippen LogP contribution in [-0.2, 0) is 14.3 Å². The van der Waals surface area contributed by atoms with Crippen LogP contribution in [0.2, 0.25) is 0 Å². The van der Waals surface area contributed by atoms with Gasteiger partial charge in [0.05, 0.1) is 23.8 Å². The summed E-state index contributed by atoms with van der Waals surface area (Å²) >= 11 is 0. The fourth-order valence-electron chi connectivity index (χ4n) is 3.03. The van der Waals surface area contributed by atoms with Gasteiger partial charge in [0.1, 0.15) is 6.61 Å². The molecule has 0 spiro atoms. The minimum Gasteiger partial charge on any atom is -0.595 e. The number of esters is 1. The lowest BCUT2D eigenvalue weighted by atomic mass is 9.84. The van der Waals surface area contributed by atoms with Gasteiger partial charge in [-0.05, 0) is 19.4 Å². The lowest BCUT2D eigenvalue weighted by Gasteiger charge is -2.32. The SMILES string of the molecule is COCCOC(=O)C1=C(C)NC(C)=C([NH+]([O-])O)[C@H]1c1cccc([NH+]([O-])O)c1. The highest BCUT2D eigenvalue weighted by Gasteiger charge is 2.38. The third-order valence-corrected chi connectivity index (χ3v) is 4.20. The van der Waals surface area contributed by atoms with Gasteiger partial charge in [-0.1, -0.05) is 12.1 Å². The van der Waals surface area contributed by atoms with Crippen LogP contribution in [0, 0.1) is 10.4 Å². The summed E-state index contributed by atoms with van der Waals surface area (Å²) in [6, 6.07) is 5.87. The van der Waals surface area contributed by atoms with Gasteiger partial charge < -0.3 is 25.2 Å². The summed E-state index contributed by atoms with van der Waals surface area (Å²) in [4.78, 5) is 12.7. The van der Waals surface area contributed by atoms with E-state index in [1.165, 1.54) is 25.3 Å². The van der Waals surface area contributed by atoms with Crippen molar-refractivity contribution in [2.45, 2.75) is 19.8 Å². The van der Waals surface area contributed by atoms with E-state index in [1.54, 1.807) is 19.9 Å². The third kappa shape index (κ3) is 4.70. The maximum Gasteiger partial charge on any atom is 0.337 e. The first-order valence-electron chi connectivity index (χ1n) is 8.19. The van der Waals surface area contributed by atoms with Gasteiger partial charge in [-0.25, -0.2) is 15.2 Å². The van der Waals surface area contributed by atoms with E-state index in [0.29, 0.717) is 17.0 Å². The number of rotatable bonds is 7. The Morgan fingerprint density at radius 2 is 1.89 bits per heavy atom. The molecule has 10 nitrogen and oxygen atoms in total. The number of dihydropyridines is 1. The summed E-state index contributed by atoms with van der Waals surface area (Å²) in [7, 11) is 1.47. The standard InChI is InChI=1S/C17H23N3O7/c1-10-14(17(21)27-8-7-26-3)15(16(20(24)25)11(2)18-10)12-5-4-6-13(9-12)19(22)23/h4-6,9,15,18-20,22,24H,7-8H2,1-3H3/t15-/m0/s1. The molecule has 5 N–H and O–H groups in total. The third-order valence-electron chi connectivity index (χ3n) is 4.20. The molecule has 1 aliphatic rings. The Balaban J connectivity index is 2.54. The van der Waals surface area contributed by atoms with Gasteiger partial charge in [-0.3, -0.25) is 0 Å². The molecule has 0 saturated heterocycles. The van der Waals surface area contributed by atoms with Crippen molar-refractivity contribution in [2.24, 2.45) is 0 Å². The van der Waals surface area contributed by atoms with Crippen molar-refractivity contribution in [2.75, 3.05) is 20.3 Å². The van der Waals surface area contributed by atoms with Gasteiger partial charge in [0.2, 0.25) is 0 Å². The number of hydroxylamine groups is 2. The van der Waals surface area contributed by atoms with E-state index in [1.807, 2.05) is 0 Å². The van der Waals surface area contributed by atoms with Crippen LogP contribution in [0.25, 0.3) is 0 Å². The summed E-state index contributed by atoms with van der Waals surface area (Å²) < 4.78 is 10.1. The molecule has 0 aliphatic carbocycles. The Morgan fingerprint density at radius 1 is 1.19 bits per heavy atom. The molecule has 1 heterocycles. The average Bonchev–Trinajstić information content (AvgIpc) is 2.60. The number of ether oxygens (including phenoxy) is 2. The van der Waals surface area contributed by atoms with Crippen LogP contribution in [0.1, 0.15) is 25.3 Å². The van der Waals surface area contributed by atoms with E-state index < -0.39 is 22.3 Å². The first-order valence-corrected chi connectivity index (χ1v) is 8.19. The maximum absolute atomic E-state index is 12.7. The number of hydrogen-bond donors (Lipinski definition) is 5. The second-order valence-corrected chi connectivity index (χ2v) is 6.00. The molecule has 0 amide bonds. The zero-order chi connectivity index (χ0) is 20.1. The maximum atomic E-state index is 12.7. The van der Waals surface area contributed by atoms with Crippen molar-refractivity contribution in [1.29, 1.82) is 0 Å². The Labute approximate surface area is 156 Å². The molecule has 1 aromatic carbocycles.